The number of unbranched alkanes of at least 4 members (excludes halogenated alkanes) is 5. The summed E-state index contributed by atoms with van der Waals surface area (Å²) in [5, 5.41) is 4.71. The molecular formula is C48H42N4O7S. The van der Waals surface area contributed by atoms with Crippen molar-refractivity contribution in [2.24, 2.45) is 10.9 Å². The highest BCUT2D eigenvalue weighted by atomic mass is 32.2. The molecule has 0 atom stereocenters. The molecule has 0 aliphatic heterocycles. The molecule has 2 aliphatic carbocycles. The molecular weight excluding hydrogens is 777 g/mol. The van der Waals surface area contributed by atoms with Crippen LogP contribution in [-0.4, -0.2) is 45.1 Å². The van der Waals surface area contributed by atoms with Gasteiger partial charge in [-0.3, -0.25) is 16.1 Å². The Bertz CT molecular complexity index is 2750. The van der Waals surface area contributed by atoms with Gasteiger partial charge in [-0.2, -0.15) is 5.10 Å². The average molecular weight is 819 g/mol. The van der Waals surface area contributed by atoms with Gasteiger partial charge in [-0.05, 0) is 114 Å². The summed E-state index contributed by atoms with van der Waals surface area (Å²) < 4.78 is 37.4. The topological polar surface area (TPSA) is 166 Å². The maximum Gasteiger partial charge on any atom is 0.338 e. The standard InChI is InChI=1S/C48H42N4O7S/c49-50-33-17-21-35(22-18-33)60(56,57)36-23-19-34(20-24-36)51-52-45-39-13-7-5-11-37(39)43-29-31(15-25-40(43)45)47(54)58-27-9-3-1-2-4-10-28-59-48(55)32-16-26-42-44(30-32)38-12-6-8-14-41(38)46(42)53/h5-8,11-26,29-30,50-51H,1-4,9-10,27-28,49H2/b52-45+. The first-order valence-electron chi connectivity index (χ1n) is 19.8. The number of carbonyl (C=O) groups excluding carboxylic acids is 3. The van der Waals surface area contributed by atoms with Crippen LogP contribution in [0.4, 0.5) is 11.4 Å². The van der Waals surface area contributed by atoms with Crippen molar-refractivity contribution in [3.63, 3.8) is 0 Å². The van der Waals surface area contributed by atoms with Gasteiger partial charge in [-0.25, -0.2) is 18.0 Å². The van der Waals surface area contributed by atoms with Gasteiger partial charge < -0.3 is 14.9 Å². The summed E-state index contributed by atoms with van der Waals surface area (Å²) >= 11 is 0. The zero-order chi connectivity index (χ0) is 41.6. The van der Waals surface area contributed by atoms with E-state index in [-0.39, 0.29) is 21.5 Å². The van der Waals surface area contributed by atoms with Crippen LogP contribution in [0.25, 0.3) is 22.3 Å². The second-order valence-electron chi connectivity index (χ2n) is 14.6. The molecule has 6 aromatic carbocycles. The number of sulfone groups is 1. The second kappa shape index (κ2) is 17.5. The zero-order valence-electron chi connectivity index (χ0n) is 32.6. The Balaban J connectivity index is 0.778. The Labute approximate surface area is 348 Å². The van der Waals surface area contributed by atoms with Gasteiger partial charge in [0.15, 0.2) is 5.78 Å². The lowest BCUT2D eigenvalue weighted by Crippen LogP contribution is -2.08. The van der Waals surface area contributed by atoms with Crippen LogP contribution in [0.2, 0.25) is 0 Å². The highest BCUT2D eigenvalue weighted by Gasteiger charge is 2.28. The third kappa shape index (κ3) is 8.20. The molecule has 0 radical (unpaired) electrons. The summed E-state index contributed by atoms with van der Waals surface area (Å²) in [4.78, 5) is 38.7. The number of anilines is 2. The lowest BCUT2D eigenvalue weighted by Gasteiger charge is -2.09. The number of carbonyl (C=O) groups is 3. The maximum absolute atomic E-state index is 13.1. The van der Waals surface area contributed by atoms with Crippen LogP contribution in [0.15, 0.2) is 148 Å². The van der Waals surface area contributed by atoms with Crippen molar-refractivity contribution in [3.05, 3.63) is 167 Å². The Kier molecular flexibility index (Phi) is 11.7. The number of rotatable bonds is 16. The lowest BCUT2D eigenvalue weighted by molar-refractivity contribution is 0.0484. The average Bonchev–Trinajstić information content (AvgIpc) is 3.76. The van der Waals surface area contributed by atoms with E-state index in [1.54, 1.807) is 54.6 Å². The van der Waals surface area contributed by atoms with Gasteiger partial charge in [0.1, 0.15) is 0 Å². The molecule has 2 aliphatic rings. The van der Waals surface area contributed by atoms with E-state index >= 15 is 0 Å². The van der Waals surface area contributed by atoms with Gasteiger partial charge in [0.2, 0.25) is 9.84 Å². The van der Waals surface area contributed by atoms with E-state index in [1.807, 2.05) is 54.6 Å². The Morgan fingerprint density at radius 2 is 0.950 bits per heavy atom. The number of nitrogens with one attached hydrogen (secondary N) is 2. The van der Waals surface area contributed by atoms with Crippen LogP contribution < -0.4 is 16.7 Å². The number of hydrogen-bond acceptors (Lipinski definition) is 11. The number of ether oxygens (including phenoxy) is 2. The van der Waals surface area contributed by atoms with E-state index in [0.717, 1.165) is 71.9 Å². The molecule has 0 saturated heterocycles. The third-order valence-electron chi connectivity index (χ3n) is 10.7. The number of fused-ring (bicyclic) bond motifs is 6. The van der Waals surface area contributed by atoms with Crippen molar-refractivity contribution in [2.45, 2.75) is 48.3 Å². The molecule has 11 nitrogen and oxygen atoms in total. The summed E-state index contributed by atoms with van der Waals surface area (Å²) in [6, 6.07) is 38.4. The van der Waals surface area contributed by atoms with Crippen LogP contribution in [0.1, 0.15) is 86.3 Å². The van der Waals surface area contributed by atoms with Crippen LogP contribution in [-0.2, 0) is 19.3 Å². The largest absolute Gasteiger partial charge is 0.462 e. The van der Waals surface area contributed by atoms with Crippen molar-refractivity contribution < 1.29 is 32.3 Å². The summed E-state index contributed by atoms with van der Waals surface area (Å²) in [5.74, 6) is 4.60. The van der Waals surface area contributed by atoms with E-state index in [4.69, 9.17) is 20.4 Å². The minimum Gasteiger partial charge on any atom is -0.462 e. The quantitative estimate of drug-likeness (QED) is 0.0370. The number of hydrazone groups is 1. The van der Waals surface area contributed by atoms with Crippen molar-refractivity contribution in [1.82, 2.24) is 0 Å². The predicted molar refractivity (Wildman–Crippen MR) is 231 cm³/mol. The molecule has 0 aromatic heterocycles. The molecule has 12 heteroatoms. The van der Waals surface area contributed by atoms with Crippen LogP contribution in [0, 0.1) is 0 Å². The molecule has 0 spiro atoms. The highest BCUT2D eigenvalue weighted by molar-refractivity contribution is 7.91. The predicted octanol–water partition coefficient (Wildman–Crippen LogP) is 9.22. The van der Waals surface area contributed by atoms with E-state index in [0.29, 0.717) is 52.6 Å². The Hall–Kier alpha value is -6.89. The molecule has 0 heterocycles. The van der Waals surface area contributed by atoms with Crippen LogP contribution >= 0.6 is 0 Å². The van der Waals surface area contributed by atoms with Gasteiger partial charge in [-0.15, -0.1) is 0 Å². The number of nitrogens with zero attached hydrogens (tertiary/aromatic N) is 1. The summed E-state index contributed by atoms with van der Waals surface area (Å²) in [7, 11) is -3.72. The SMILES string of the molecule is NNc1ccc(S(=O)(=O)c2ccc(N/N=C3\c4ccccc4-c4cc(C(=O)OCCCCCCCCOC(=O)c5ccc6c(c5)-c5ccccc5C6=O)ccc43)cc2)cc1. The molecule has 0 bridgehead atoms. The van der Waals surface area contributed by atoms with Gasteiger partial charge in [0, 0.05) is 27.9 Å². The summed E-state index contributed by atoms with van der Waals surface area (Å²) in [5.41, 5.74) is 14.8. The molecule has 8 rings (SSSR count). The van der Waals surface area contributed by atoms with Crippen molar-refractivity contribution in [2.75, 3.05) is 24.1 Å². The van der Waals surface area contributed by atoms with Crippen molar-refractivity contribution in [3.8, 4) is 22.3 Å². The monoisotopic (exact) mass is 818 g/mol. The first kappa shape index (κ1) is 39.9. The number of nitrogens with two attached hydrogens (primary N) is 1. The molecule has 6 aromatic rings. The number of hydrazine groups is 1. The Morgan fingerprint density at radius 3 is 1.52 bits per heavy atom. The van der Waals surface area contributed by atoms with Gasteiger partial charge in [-0.1, -0.05) is 80.3 Å². The van der Waals surface area contributed by atoms with E-state index < -0.39 is 15.8 Å². The summed E-state index contributed by atoms with van der Waals surface area (Å²) in [6.07, 6.45) is 5.27. The zero-order valence-corrected chi connectivity index (χ0v) is 33.5. The Morgan fingerprint density at radius 1 is 0.517 bits per heavy atom. The molecule has 4 N–H and O–H groups in total. The fraction of sp³-hybridized carbons (Fsp3) is 0.167. The number of ketones is 1. The number of benzene rings is 6. The summed E-state index contributed by atoms with van der Waals surface area (Å²) in [6.45, 7) is 0.640. The molecule has 0 amide bonds. The smallest absolute Gasteiger partial charge is 0.338 e. The second-order valence-corrected chi connectivity index (χ2v) is 16.6. The molecule has 302 valence electrons. The van der Waals surface area contributed by atoms with Crippen molar-refractivity contribution in [1.29, 1.82) is 0 Å². The number of esters is 2. The number of hydrogen-bond donors (Lipinski definition) is 3. The van der Waals surface area contributed by atoms with Gasteiger partial charge in [0.05, 0.1) is 45.5 Å². The van der Waals surface area contributed by atoms with Gasteiger partial charge >= 0.3 is 11.9 Å². The highest BCUT2D eigenvalue weighted by Crippen LogP contribution is 2.39. The number of nitrogen functional groups attached to an aromatic ring is 1. The fourth-order valence-electron chi connectivity index (χ4n) is 7.55. The molecule has 0 unspecified atom stereocenters. The lowest BCUT2D eigenvalue weighted by atomic mass is 10.0. The first-order chi connectivity index (χ1) is 29.2. The third-order valence-corrected chi connectivity index (χ3v) is 12.5. The van der Waals surface area contributed by atoms with E-state index in [1.165, 1.54) is 24.3 Å². The minimum atomic E-state index is -3.72. The minimum absolute atomic E-state index is 0.0219. The van der Waals surface area contributed by atoms with Crippen molar-refractivity contribution >= 4 is 44.6 Å². The molecule has 0 fully saturated rings. The van der Waals surface area contributed by atoms with Crippen LogP contribution in [0.3, 0.4) is 0 Å². The van der Waals surface area contributed by atoms with E-state index in [9.17, 15) is 22.8 Å². The van der Waals surface area contributed by atoms with Crippen LogP contribution in [0.5, 0.6) is 0 Å². The molecule has 60 heavy (non-hydrogen) atoms. The van der Waals surface area contributed by atoms with Gasteiger partial charge in [0.25, 0.3) is 0 Å². The normalized spacial score (nSPS) is 12.9. The molecule has 0 saturated carbocycles. The van der Waals surface area contributed by atoms with E-state index in [2.05, 4.69) is 10.9 Å². The fourth-order valence-corrected chi connectivity index (χ4v) is 8.81. The maximum atomic E-state index is 13.1. The first-order valence-corrected chi connectivity index (χ1v) is 21.3.